The minimum atomic E-state index is 0.223. The minimum absolute atomic E-state index is 0.223. The maximum atomic E-state index is 2.41. The average Bonchev–Trinajstić information content (AvgIpc) is 3.34. The Morgan fingerprint density at radius 2 is 0.672 bits per heavy atom. The molecule has 0 spiro atoms. The first-order valence-electron chi connectivity index (χ1n) is 23.1. The van der Waals surface area contributed by atoms with Crippen LogP contribution in [-0.4, -0.2) is 26.2 Å². The first-order chi connectivity index (χ1) is 31.3. The zero-order valence-corrected chi connectivity index (χ0v) is 38.5. The summed E-state index contributed by atoms with van der Waals surface area (Å²) >= 11 is 0. The van der Waals surface area contributed by atoms with Crippen molar-refractivity contribution in [2.24, 2.45) is 0 Å². The number of benzene rings is 8. The molecule has 0 amide bonds. The molecular weight excluding hydrogens is 777 g/mol. The lowest BCUT2D eigenvalue weighted by Crippen LogP contribution is -2.22. The summed E-state index contributed by atoms with van der Waals surface area (Å²) in [6.45, 7) is 17.2. The lowest BCUT2D eigenvalue weighted by molar-refractivity contribution is 0.801. The Morgan fingerprint density at radius 3 is 1.05 bits per heavy atom. The van der Waals surface area contributed by atoms with Crippen LogP contribution in [0.4, 0.5) is 45.5 Å². The molecule has 4 heteroatoms. The second-order valence-corrected chi connectivity index (χ2v) is 16.7. The Labute approximate surface area is 382 Å². The number of anilines is 8. The topological polar surface area (TPSA) is 13.0 Å². The molecule has 0 heterocycles. The Balaban J connectivity index is 1.07. The van der Waals surface area contributed by atoms with E-state index in [1.807, 2.05) is 0 Å². The Bertz CT molecular complexity index is 2620. The molecular formula is C60H62N4. The van der Waals surface area contributed by atoms with Crippen molar-refractivity contribution in [2.45, 2.75) is 53.9 Å². The Morgan fingerprint density at radius 1 is 0.328 bits per heavy atom. The van der Waals surface area contributed by atoms with Gasteiger partial charge in [0, 0.05) is 77.6 Å². The number of para-hydroxylation sites is 1. The van der Waals surface area contributed by atoms with Gasteiger partial charge in [0.1, 0.15) is 0 Å². The van der Waals surface area contributed by atoms with Crippen LogP contribution in [0.1, 0.15) is 61.4 Å². The zero-order chi connectivity index (χ0) is 44.4. The molecule has 0 fully saturated rings. The van der Waals surface area contributed by atoms with E-state index in [-0.39, 0.29) is 5.92 Å². The van der Waals surface area contributed by atoms with E-state index in [1.165, 1.54) is 50.3 Å². The second-order valence-electron chi connectivity index (χ2n) is 16.7. The number of hydrogen-bond acceptors (Lipinski definition) is 4. The Kier molecular flexibility index (Phi) is 13.9. The van der Waals surface area contributed by atoms with Crippen molar-refractivity contribution < 1.29 is 0 Å². The van der Waals surface area contributed by atoms with Crippen LogP contribution in [0, 0.1) is 13.8 Å². The SMILES string of the molecule is CCN(CC)c1ccc(C(Cc2ccc(N(c3ccc(-c4ccc(N(c5ccccc5)c5cccc(C)c5)cc4)cc3)c3cccc(C)c3)cc2)c2ccc(N(CC)CC)cc2)cc1. The van der Waals surface area contributed by atoms with Crippen LogP contribution in [0.25, 0.3) is 11.1 Å². The van der Waals surface area contributed by atoms with Gasteiger partial charge in [0.2, 0.25) is 0 Å². The molecule has 0 N–H and O–H groups in total. The molecule has 0 atom stereocenters. The predicted octanol–water partition coefficient (Wildman–Crippen LogP) is 16.0. The molecule has 64 heavy (non-hydrogen) atoms. The summed E-state index contributed by atoms with van der Waals surface area (Å²) in [7, 11) is 0. The van der Waals surface area contributed by atoms with E-state index in [4.69, 9.17) is 0 Å². The van der Waals surface area contributed by atoms with E-state index in [1.54, 1.807) is 0 Å². The molecule has 8 aromatic carbocycles. The van der Waals surface area contributed by atoms with Crippen LogP contribution in [0.3, 0.4) is 0 Å². The van der Waals surface area contributed by atoms with Gasteiger partial charge in [-0.1, -0.05) is 103 Å². The second kappa shape index (κ2) is 20.4. The number of aryl methyl sites for hydroxylation is 2. The summed E-state index contributed by atoms with van der Waals surface area (Å²) in [5.41, 5.74) is 18.2. The smallest absolute Gasteiger partial charge is 0.0464 e. The summed E-state index contributed by atoms with van der Waals surface area (Å²) in [5.74, 6) is 0.223. The standard InChI is InChI=1S/C60H62N4/c1-7-61(8-2)52-34-28-50(29-35-52)60(51-30-36-53(37-31-51)62(9-3)10-4)44-47-22-32-55(33-23-47)64(59-21-15-17-46(6)43-59)57-40-26-49(27-41-57)48-24-38-56(39-25-48)63(54-18-12-11-13-19-54)58-20-14-16-45(5)42-58/h11-43,60H,7-10,44H2,1-6H3. The largest absolute Gasteiger partial charge is 0.372 e. The highest BCUT2D eigenvalue weighted by atomic mass is 15.1. The van der Waals surface area contributed by atoms with Crippen LogP contribution in [0.5, 0.6) is 0 Å². The molecule has 0 unspecified atom stereocenters. The third-order valence-corrected chi connectivity index (χ3v) is 12.6. The lowest BCUT2D eigenvalue weighted by Gasteiger charge is -2.27. The summed E-state index contributed by atoms with van der Waals surface area (Å²) in [6.07, 6.45) is 0.904. The quantitative estimate of drug-likeness (QED) is 0.0905. The molecule has 0 saturated heterocycles. The van der Waals surface area contributed by atoms with Crippen molar-refractivity contribution in [3.63, 3.8) is 0 Å². The number of rotatable bonds is 17. The highest BCUT2D eigenvalue weighted by Gasteiger charge is 2.19. The first-order valence-corrected chi connectivity index (χ1v) is 23.1. The van der Waals surface area contributed by atoms with Crippen molar-refractivity contribution in [3.05, 3.63) is 228 Å². The van der Waals surface area contributed by atoms with Gasteiger partial charge in [-0.15, -0.1) is 0 Å². The summed E-state index contributed by atoms with van der Waals surface area (Å²) in [4.78, 5) is 9.52. The van der Waals surface area contributed by atoms with E-state index >= 15 is 0 Å². The molecule has 322 valence electrons. The Hall–Kier alpha value is -7.04. The van der Waals surface area contributed by atoms with E-state index in [0.29, 0.717) is 0 Å². The summed E-state index contributed by atoms with van der Waals surface area (Å²) in [6, 6.07) is 73.8. The molecule has 8 rings (SSSR count). The highest BCUT2D eigenvalue weighted by molar-refractivity contribution is 5.81. The van der Waals surface area contributed by atoms with E-state index in [2.05, 4.69) is 261 Å². The molecule has 0 radical (unpaired) electrons. The summed E-state index contributed by atoms with van der Waals surface area (Å²) < 4.78 is 0. The maximum absolute atomic E-state index is 2.41. The van der Waals surface area contributed by atoms with Crippen molar-refractivity contribution in [1.82, 2.24) is 0 Å². The maximum Gasteiger partial charge on any atom is 0.0464 e. The van der Waals surface area contributed by atoms with Gasteiger partial charge in [-0.25, -0.2) is 0 Å². The fourth-order valence-electron chi connectivity index (χ4n) is 9.07. The molecule has 0 aliphatic carbocycles. The average molecular weight is 839 g/mol. The number of hydrogen-bond donors (Lipinski definition) is 0. The van der Waals surface area contributed by atoms with Crippen molar-refractivity contribution in [1.29, 1.82) is 0 Å². The van der Waals surface area contributed by atoms with Gasteiger partial charge in [-0.2, -0.15) is 0 Å². The van der Waals surface area contributed by atoms with E-state index in [9.17, 15) is 0 Å². The van der Waals surface area contributed by atoms with Gasteiger partial charge in [0.25, 0.3) is 0 Å². The van der Waals surface area contributed by atoms with Gasteiger partial charge in [0.05, 0.1) is 0 Å². The van der Waals surface area contributed by atoms with E-state index in [0.717, 1.165) is 66.7 Å². The fourth-order valence-corrected chi connectivity index (χ4v) is 9.07. The molecule has 0 bridgehead atoms. The van der Waals surface area contributed by atoms with Crippen molar-refractivity contribution >= 4 is 45.5 Å². The van der Waals surface area contributed by atoms with Crippen LogP contribution in [-0.2, 0) is 6.42 Å². The van der Waals surface area contributed by atoms with Gasteiger partial charge in [-0.3, -0.25) is 0 Å². The van der Waals surface area contributed by atoms with Crippen LogP contribution >= 0.6 is 0 Å². The van der Waals surface area contributed by atoms with Crippen LogP contribution in [0.15, 0.2) is 200 Å². The first kappa shape index (κ1) is 43.6. The molecule has 0 aromatic heterocycles. The van der Waals surface area contributed by atoms with Gasteiger partial charge >= 0.3 is 0 Å². The minimum Gasteiger partial charge on any atom is -0.372 e. The molecule has 0 saturated carbocycles. The van der Waals surface area contributed by atoms with Crippen LogP contribution in [0.2, 0.25) is 0 Å². The fraction of sp³-hybridized carbons (Fsp3) is 0.200. The lowest BCUT2D eigenvalue weighted by atomic mass is 9.85. The summed E-state index contributed by atoms with van der Waals surface area (Å²) in [5, 5.41) is 0. The van der Waals surface area contributed by atoms with Crippen molar-refractivity contribution in [3.8, 4) is 11.1 Å². The van der Waals surface area contributed by atoms with Gasteiger partial charge in [-0.05, 0) is 184 Å². The zero-order valence-electron chi connectivity index (χ0n) is 38.5. The molecule has 0 aliphatic heterocycles. The molecule has 0 aliphatic rings. The van der Waals surface area contributed by atoms with E-state index < -0.39 is 0 Å². The van der Waals surface area contributed by atoms with Crippen LogP contribution < -0.4 is 19.6 Å². The monoisotopic (exact) mass is 838 g/mol. The predicted molar refractivity (Wildman–Crippen MR) is 276 cm³/mol. The molecule has 4 nitrogen and oxygen atoms in total. The highest BCUT2D eigenvalue weighted by Crippen LogP contribution is 2.39. The normalized spacial score (nSPS) is 11.1. The number of nitrogens with zero attached hydrogens (tertiary/aromatic N) is 4. The third-order valence-electron chi connectivity index (χ3n) is 12.6. The van der Waals surface area contributed by atoms with Gasteiger partial charge in [0.15, 0.2) is 0 Å². The third kappa shape index (κ3) is 9.93. The van der Waals surface area contributed by atoms with Crippen molar-refractivity contribution in [2.75, 3.05) is 45.8 Å². The molecule has 8 aromatic rings. The van der Waals surface area contributed by atoms with Gasteiger partial charge < -0.3 is 19.6 Å².